The maximum atomic E-state index is 13.8. The van der Waals surface area contributed by atoms with Crippen molar-refractivity contribution in [1.82, 2.24) is 4.90 Å². The van der Waals surface area contributed by atoms with Gasteiger partial charge in [0.2, 0.25) is 11.8 Å². The summed E-state index contributed by atoms with van der Waals surface area (Å²) in [6.07, 6.45) is 0.924. The molecule has 0 unspecified atom stereocenters. The third-order valence-electron chi connectivity index (χ3n) is 4.38. The molecule has 4 nitrogen and oxygen atoms in total. The van der Waals surface area contributed by atoms with Gasteiger partial charge >= 0.3 is 0 Å². The lowest BCUT2D eigenvalue weighted by Crippen LogP contribution is -2.32. The Kier molecular flexibility index (Phi) is 4.66. The van der Waals surface area contributed by atoms with Gasteiger partial charge in [-0.05, 0) is 35.6 Å². The fraction of sp³-hybridized carbons (Fsp3) is 0.333. The third kappa shape index (κ3) is 3.06. The quantitative estimate of drug-likeness (QED) is 0.864. The molecule has 6 heteroatoms. The summed E-state index contributed by atoms with van der Waals surface area (Å²) in [6, 6.07) is 8.03. The molecule has 0 saturated carbocycles. The standard InChI is InChI=1S/C18H19FN2O2S/c1-3-12-8-11(10-24-12)13-9-21(2)18(23)16(13)17(22)20-15-7-5-4-6-14(15)19/h4-8,10,13,16H,3,9H2,1-2H3,(H,20,22)/t13-,16+/m1/s1. The number of halogens is 1. The summed E-state index contributed by atoms with van der Waals surface area (Å²) >= 11 is 1.64. The monoisotopic (exact) mass is 346 g/mol. The average molecular weight is 346 g/mol. The number of thiophene rings is 1. The van der Waals surface area contributed by atoms with Crippen LogP contribution in [0.4, 0.5) is 10.1 Å². The van der Waals surface area contributed by atoms with Crippen LogP contribution in [0.2, 0.25) is 0 Å². The number of rotatable bonds is 4. The Morgan fingerprint density at radius 3 is 2.83 bits per heavy atom. The van der Waals surface area contributed by atoms with Crippen molar-refractivity contribution in [1.29, 1.82) is 0 Å². The SMILES string of the molecule is CCc1cc([C@H]2CN(C)C(=O)[C@@H]2C(=O)Nc2ccccc2F)cs1. The van der Waals surface area contributed by atoms with Crippen LogP contribution in [0.25, 0.3) is 0 Å². The number of hydrogen-bond acceptors (Lipinski definition) is 3. The lowest BCUT2D eigenvalue weighted by molar-refractivity contribution is -0.135. The van der Waals surface area contributed by atoms with E-state index >= 15 is 0 Å². The van der Waals surface area contributed by atoms with Crippen LogP contribution >= 0.6 is 11.3 Å². The zero-order valence-electron chi connectivity index (χ0n) is 13.6. The highest BCUT2D eigenvalue weighted by Crippen LogP contribution is 2.36. The molecule has 1 aromatic heterocycles. The van der Waals surface area contributed by atoms with Crippen LogP contribution in [0, 0.1) is 11.7 Å². The average Bonchev–Trinajstić information content (AvgIpc) is 3.15. The van der Waals surface area contributed by atoms with Crippen molar-refractivity contribution in [2.24, 2.45) is 5.92 Å². The Morgan fingerprint density at radius 1 is 1.42 bits per heavy atom. The van der Waals surface area contributed by atoms with Crippen LogP contribution < -0.4 is 5.32 Å². The van der Waals surface area contributed by atoms with E-state index < -0.39 is 17.6 Å². The van der Waals surface area contributed by atoms with Crippen LogP contribution in [0.5, 0.6) is 0 Å². The van der Waals surface area contributed by atoms with Crippen LogP contribution in [-0.4, -0.2) is 30.3 Å². The normalized spacial score (nSPS) is 20.5. The zero-order valence-corrected chi connectivity index (χ0v) is 14.4. The highest BCUT2D eigenvalue weighted by atomic mass is 32.1. The van der Waals surface area contributed by atoms with Gasteiger partial charge in [0.1, 0.15) is 11.7 Å². The second-order valence-electron chi connectivity index (χ2n) is 5.97. The van der Waals surface area contributed by atoms with Gasteiger partial charge in [-0.25, -0.2) is 4.39 Å². The first-order chi connectivity index (χ1) is 11.5. The van der Waals surface area contributed by atoms with Gasteiger partial charge in [0, 0.05) is 24.4 Å². The molecule has 2 heterocycles. The maximum Gasteiger partial charge on any atom is 0.237 e. The van der Waals surface area contributed by atoms with Crippen LogP contribution in [0.1, 0.15) is 23.3 Å². The number of nitrogens with one attached hydrogen (secondary N) is 1. The molecule has 1 fully saturated rings. The summed E-state index contributed by atoms with van der Waals surface area (Å²) in [5.74, 6) is -2.22. The lowest BCUT2D eigenvalue weighted by atomic mass is 9.89. The minimum atomic E-state index is -0.825. The largest absolute Gasteiger partial charge is 0.344 e. The number of likely N-dealkylation sites (tertiary alicyclic amines) is 1. The van der Waals surface area contributed by atoms with Crippen LogP contribution in [0.3, 0.4) is 0 Å². The molecule has 0 aliphatic carbocycles. The third-order valence-corrected chi connectivity index (χ3v) is 5.48. The van der Waals surface area contributed by atoms with E-state index in [0.29, 0.717) is 6.54 Å². The fourth-order valence-corrected chi connectivity index (χ4v) is 3.94. The van der Waals surface area contributed by atoms with Crippen molar-refractivity contribution in [3.63, 3.8) is 0 Å². The van der Waals surface area contributed by atoms with Gasteiger partial charge in [-0.2, -0.15) is 0 Å². The van der Waals surface area contributed by atoms with Gasteiger partial charge in [-0.15, -0.1) is 11.3 Å². The Labute approximate surface area is 144 Å². The summed E-state index contributed by atoms with van der Waals surface area (Å²) in [4.78, 5) is 27.9. The van der Waals surface area contributed by atoms with Crippen molar-refractivity contribution in [3.05, 3.63) is 52.0 Å². The predicted molar refractivity (Wildman–Crippen MR) is 92.6 cm³/mol. The van der Waals surface area contributed by atoms with Gasteiger partial charge in [0.25, 0.3) is 0 Å². The van der Waals surface area contributed by atoms with Crippen LogP contribution in [-0.2, 0) is 16.0 Å². The smallest absolute Gasteiger partial charge is 0.237 e. The summed E-state index contributed by atoms with van der Waals surface area (Å²) in [5, 5.41) is 4.58. The Bertz CT molecular complexity index is 774. The zero-order chi connectivity index (χ0) is 17.3. The molecule has 2 amide bonds. The first kappa shape index (κ1) is 16.6. The molecule has 1 saturated heterocycles. The maximum absolute atomic E-state index is 13.8. The molecule has 2 atom stereocenters. The van der Waals surface area contributed by atoms with E-state index in [1.54, 1.807) is 35.4 Å². The van der Waals surface area contributed by atoms with Gasteiger partial charge in [-0.1, -0.05) is 19.1 Å². The second kappa shape index (κ2) is 6.73. The van der Waals surface area contributed by atoms with E-state index in [-0.39, 0.29) is 17.5 Å². The second-order valence-corrected chi connectivity index (χ2v) is 6.97. The molecule has 0 radical (unpaired) electrons. The number of nitrogens with zero attached hydrogens (tertiary/aromatic N) is 1. The van der Waals surface area contributed by atoms with Crippen molar-refractivity contribution >= 4 is 28.8 Å². The predicted octanol–water partition coefficient (Wildman–Crippen LogP) is 3.26. The molecule has 0 spiro atoms. The molecule has 2 aromatic rings. The number of carbonyl (C=O) groups excluding carboxylic acids is 2. The molecule has 1 aliphatic heterocycles. The van der Waals surface area contributed by atoms with Crippen LogP contribution in [0.15, 0.2) is 35.7 Å². The van der Waals surface area contributed by atoms with Gasteiger partial charge < -0.3 is 10.2 Å². The summed E-state index contributed by atoms with van der Waals surface area (Å²) < 4.78 is 13.8. The van der Waals surface area contributed by atoms with E-state index in [4.69, 9.17) is 0 Å². The van der Waals surface area contributed by atoms with E-state index in [2.05, 4.69) is 18.3 Å². The number of benzene rings is 1. The van der Waals surface area contributed by atoms with Crippen molar-refractivity contribution in [3.8, 4) is 0 Å². The molecule has 1 aromatic carbocycles. The van der Waals surface area contributed by atoms with Gasteiger partial charge in [0.05, 0.1) is 5.69 Å². The first-order valence-electron chi connectivity index (χ1n) is 7.89. The van der Waals surface area contributed by atoms with Gasteiger partial charge in [0.15, 0.2) is 0 Å². The number of para-hydroxylation sites is 1. The van der Waals surface area contributed by atoms with Crippen molar-refractivity contribution in [2.45, 2.75) is 19.3 Å². The van der Waals surface area contributed by atoms with E-state index in [0.717, 1.165) is 12.0 Å². The Hall–Kier alpha value is -2.21. The molecule has 1 N–H and O–H groups in total. The number of likely N-dealkylation sites (N-methyl/N-ethyl adjacent to an activating group) is 1. The van der Waals surface area contributed by atoms with Crippen molar-refractivity contribution in [2.75, 3.05) is 18.9 Å². The lowest BCUT2D eigenvalue weighted by Gasteiger charge is -2.16. The molecule has 126 valence electrons. The number of hydrogen-bond donors (Lipinski definition) is 1. The fourth-order valence-electron chi connectivity index (χ4n) is 3.04. The Balaban J connectivity index is 1.86. The number of anilines is 1. The molecule has 3 rings (SSSR count). The van der Waals surface area contributed by atoms with E-state index in [9.17, 15) is 14.0 Å². The summed E-state index contributed by atoms with van der Waals surface area (Å²) in [6.45, 7) is 2.57. The summed E-state index contributed by atoms with van der Waals surface area (Å²) in [7, 11) is 1.69. The molecule has 1 aliphatic rings. The molecule has 24 heavy (non-hydrogen) atoms. The topological polar surface area (TPSA) is 49.4 Å². The highest BCUT2D eigenvalue weighted by Gasteiger charge is 2.44. The minimum Gasteiger partial charge on any atom is -0.344 e. The minimum absolute atomic E-state index is 0.100. The number of carbonyl (C=O) groups is 2. The molecule has 0 bridgehead atoms. The molecular weight excluding hydrogens is 327 g/mol. The molecular formula is C18H19FN2O2S. The Morgan fingerprint density at radius 2 is 2.17 bits per heavy atom. The number of amides is 2. The van der Waals surface area contributed by atoms with E-state index in [1.807, 2.05) is 5.38 Å². The van der Waals surface area contributed by atoms with Gasteiger partial charge in [-0.3, -0.25) is 9.59 Å². The summed E-state index contributed by atoms with van der Waals surface area (Å²) in [5.41, 5.74) is 1.10. The highest BCUT2D eigenvalue weighted by molar-refractivity contribution is 7.10. The number of aryl methyl sites for hydroxylation is 1. The first-order valence-corrected chi connectivity index (χ1v) is 8.77. The van der Waals surface area contributed by atoms with Crippen molar-refractivity contribution < 1.29 is 14.0 Å². The van der Waals surface area contributed by atoms with E-state index in [1.165, 1.54) is 17.0 Å².